The summed E-state index contributed by atoms with van der Waals surface area (Å²) in [6, 6.07) is 0. The maximum Gasteiger partial charge on any atom is 0.460 e. The molecule has 0 saturated carbocycles. The highest BCUT2D eigenvalue weighted by Gasteiger charge is 2.60. The smallest absolute Gasteiger partial charge is 0.403 e. The molecular formula is C20H36B2O4. The van der Waals surface area contributed by atoms with Crippen LogP contribution in [0, 0.1) is 0 Å². The van der Waals surface area contributed by atoms with E-state index in [1.165, 1.54) is 0 Å². The Morgan fingerprint density at radius 1 is 0.577 bits per heavy atom. The fourth-order valence-electron chi connectivity index (χ4n) is 4.04. The summed E-state index contributed by atoms with van der Waals surface area (Å²) >= 11 is 0. The van der Waals surface area contributed by atoms with Crippen molar-refractivity contribution < 1.29 is 18.6 Å². The molecule has 146 valence electrons. The molecule has 0 N–H and O–H groups in total. The molecule has 1 aliphatic carbocycles. The van der Waals surface area contributed by atoms with E-state index in [9.17, 15) is 0 Å². The standard InChI is InChI=1S/C20H36B2O4/c1-17(2)18(3,4)24-21(23-17)15-13-11-9-10-12-14-16(15)22-25-19(5,6)20(7,8)26-22/h9-10,15-16H,11-14H2,1-8H3. The zero-order valence-electron chi connectivity index (χ0n) is 17.9. The van der Waals surface area contributed by atoms with E-state index in [2.05, 4.69) is 67.5 Å². The normalized spacial score (nSPS) is 35.4. The average Bonchev–Trinajstić information content (AvgIpc) is 2.77. The fraction of sp³-hybridized carbons (Fsp3) is 0.900. The van der Waals surface area contributed by atoms with Crippen LogP contribution in [0.5, 0.6) is 0 Å². The van der Waals surface area contributed by atoms with Crippen LogP contribution in [-0.4, -0.2) is 36.6 Å². The van der Waals surface area contributed by atoms with Gasteiger partial charge in [-0.15, -0.1) is 0 Å². The van der Waals surface area contributed by atoms with Gasteiger partial charge in [-0.25, -0.2) is 0 Å². The van der Waals surface area contributed by atoms with Gasteiger partial charge in [0, 0.05) is 0 Å². The van der Waals surface area contributed by atoms with Gasteiger partial charge in [0.25, 0.3) is 0 Å². The molecule has 6 heteroatoms. The summed E-state index contributed by atoms with van der Waals surface area (Å²) in [7, 11) is -0.425. The number of hydrogen-bond acceptors (Lipinski definition) is 4. The van der Waals surface area contributed by atoms with Gasteiger partial charge < -0.3 is 18.6 Å². The molecule has 0 bridgehead atoms. The van der Waals surface area contributed by atoms with Gasteiger partial charge in [-0.05, 0) is 92.7 Å². The Morgan fingerprint density at radius 3 is 1.12 bits per heavy atom. The van der Waals surface area contributed by atoms with Crippen molar-refractivity contribution in [2.24, 2.45) is 0 Å². The molecule has 0 spiro atoms. The van der Waals surface area contributed by atoms with Gasteiger partial charge in [0.1, 0.15) is 0 Å². The lowest BCUT2D eigenvalue weighted by Crippen LogP contribution is -2.41. The van der Waals surface area contributed by atoms with E-state index in [1.807, 2.05) is 0 Å². The van der Waals surface area contributed by atoms with E-state index in [1.54, 1.807) is 0 Å². The first-order valence-electron chi connectivity index (χ1n) is 10.2. The largest absolute Gasteiger partial charge is 0.460 e. The molecule has 3 rings (SSSR count). The fourth-order valence-corrected chi connectivity index (χ4v) is 4.04. The molecule has 0 aromatic carbocycles. The summed E-state index contributed by atoms with van der Waals surface area (Å²) < 4.78 is 25.7. The Labute approximate surface area is 160 Å². The lowest BCUT2D eigenvalue weighted by molar-refractivity contribution is 0.00578. The molecule has 26 heavy (non-hydrogen) atoms. The summed E-state index contributed by atoms with van der Waals surface area (Å²) in [5.41, 5.74) is -1.24. The summed E-state index contributed by atoms with van der Waals surface area (Å²) in [5.74, 6) is 0.520. The van der Waals surface area contributed by atoms with Gasteiger partial charge in [0.05, 0.1) is 22.4 Å². The molecule has 0 aromatic rings. The highest BCUT2D eigenvalue weighted by atomic mass is 16.7. The maximum atomic E-state index is 6.44. The predicted molar refractivity (Wildman–Crippen MR) is 107 cm³/mol. The monoisotopic (exact) mass is 362 g/mol. The molecule has 2 unspecified atom stereocenters. The zero-order chi connectivity index (χ0) is 19.4. The van der Waals surface area contributed by atoms with Crippen molar-refractivity contribution in [3.8, 4) is 0 Å². The number of hydrogen-bond donors (Lipinski definition) is 0. The van der Waals surface area contributed by atoms with Crippen molar-refractivity contribution in [1.82, 2.24) is 0 Å². The Morgan fingerprint density at radius 2 is 0.846 bits per heavy atom. The van der Waals surface area contributed by atoms with Crippen LogP contribution in [0.25, 0.3) is 0 Å². The third-order valence-corrected chi connectivity index (χ3v) is 7.29. The molecule has 0 radical (unpaired) electrons. The Bertz CT molecular complexity index is 476. The second kappa shape index (κ2) is 6.65. The minimum Gasteiger partial charge on any atom is -0.403 e. The van der Waals surface area contributed by atoms with E-state index in [4.69, 9.17) is 18.6 Å². The Hall–Kier alpha value is -0.290. The Kier molecular flexibility index (Phi) is 5.23. The van der Waals surface area contributed by atoms with Crippen molar-refractivity contribution >= 4 is 14.2 Å². The van der Waals surface area contributed by atoms with Crippen molar-refractivity contribution in [1.29, 1.82) is 0 Å². The maximum absolute atomic E-state index is 6.44. The van der Waals surface area contributed by atoms with Crippen molar-refractivity contribution in [2.75, 3.05) is 0 Å². The van der Waals surface area contributed by atoms with Crippen LogP contribution in [0.15, 0.2) is 12.2 Å². The molecule has 2 atom stereocenters. The Balaban J connectivity index is 1.85. The van der Waals surface area contributed by atoms with Crippen LogP contribution < -0.4 is 0 Å². The topological polar surface area (TPSA) is 36.9 Å². The van der Waals surface area contributed by atoms with Crippen LogP contribution in [-0.2, 0) is 18.6 Å². The van der Waals surface area contributed by atoms with Gasteiger partial charge in [-0.1, -0.05) is 12.2 Å². The first kappa shape index (κ1) is 20.4. The SMILES string of the molecule is CC1(C)OB(C2CCC=CCCC2B2OC(C)(C)C(C)(C)O2)OC1(C)C. The summed E-state index contributed by atoms with van der Waals surface area (Å²) in [5, 5.41) is 0. The van der Waals surface area contributed by atoms with Crippen LogP contribution in [0.4, 0.5) is 0 Å². The molecule has 0 aromatic heterocycles. The second-order valence-corrected chi connectivity index (χ2v) is 10.2. The first-order valence-corrected chi connectivity index (χ1v) is 10.2. The summed E-state index contributed by atoms with van der Waals surface area (Å²) in [6.07, 6.45) is 8.73. The van der Waals surface area contributed by atoms with Crippen molar-refractivity contribution in [2.45, 2.75) is 115 Å². The molecule has 3 aliphatic rings. The van der Waals surface area contributed by atoms with Crippen LogP contribution in [0.2, 0.25) is 11.6 Å². The third-order valence-electron chi connectivity index (χ3n) is 7.29. The summed E-state index contributed by atoms with van der Waals surface area (Å²) in [4.78, 5) is 0. The van der Waals surface area contributed by atoms with Gasteiger partial charge in [0.15, 0.2) is 0 Å². The quantitative estimate of drug-likeness (QED) is 0.509. The second-order valence-electron chi connectivity index (χ2n) is 10.2. The first-order chi connectivity index (χ1) is 11.9. The van der Waals surface area contributed by atoms with E-state index in [0.717, 1.165) is 25.7 Å². The molecule has 2 heterocycles. The van der Waals surface area contributed by atoms with Crippen LogP contribution >= 0.6 is 0 Å². The average molecular weight is 362 g/mol. The zero-order valence-corrected chi connectivity index (χ0v) is 17.9. The lowest BCUT2D eigenvalue weighted by Gasteiger charge is -2.32. The third kappa shape index (κ3) is 3.55. The van der Waals surface area contributed by atoms with Crippen LogP contribution in [0.1, 0.15) is 81.1 Å². The minimum absolute atomic E-state index is 0.212. The van der Waals surface area contributed by atoms with Gasteiger partial charge in [0.2, 0.25) is 0 Å². The molecule has 4 nitrogen and oxygen atoms in total. The van der Waals surface area contributed by atoms with Crippen molar-refractivity contribution in [3.05, 3.63) is 12.2 Å². The molecule has 2 fully saturated rings. The summed E-state index contributed by atoms with van der Waals surface area (Å²) in [6.45, 7) is 17.0. The molecule has 2 saturated heterocycles. The van der Waals surface area contributed by atoms with Crippen LogP contribution in [0.3, 0.4) is 0 Å². The van der Waals surface area contributed by atoms with Gasteiger partial charge >= 0.3 is 14.2 Å². The van der Waals surface area contributed by atoms with Gasteiger partial charge in [-0.3, -0.25) is 0 Å². The molecule has 2 aliphatic heterocycles. The number of allylic oxidation sites excluding steroid dienone is 2. The highest BCUT2D eigenvalue weighted by Crippen LogP contribution is 2.51. The minimum atomic E-state index is -0.309. The highest BCUT2D eigenvalue weighted by molar-refractivity contribution is 6.54. The molecule has 0 amide bonds. The lowest BCUT2D eigenvalue weighted by atomic mass is 9.50. The number of rotatable bonds is 2. The van der Waals surface area contributed by atoms with Crippen molar-refractivity contribution in [3.63, 3.8) is 0 Å². The van der Waals surface area contributed by atoms with E-state index in [0.29, 0.717) is 0 Å². The van der Waals surface area contributed by atoms with E-state index >= 15 is 0 Å². The predicted octanol–water partition coefficient (Wildman–Crippen LogP) is 5.04. The van der Waals surface area contributed by atoms with E-state index in [-0.39, 0.29) is 48.3 Å². The molecular weight excluding hydrogens is 326 g/mol. The van der Waals surface area contributed by atoms with Gasteiger partial charge in [-0.2, -0.15) is 0 Å². The van der Waals surface area contributed by atoms with E-state index < -0.39 is 0 Å².